The molecule has 0 N–H and O–H groups in total. The number of hydrogen-bond donors (Lipinski definition) is 1. The Morgan fingerprint density at radius 2 is 2.29 bits per heavy atom. The van der Waals surface area contributed by atoms with Gasteiger partial charge in [0, 0.05) is 6.16 Å². The van der Waals surface area contributed by atoms with Crippen molar-refractivity contribution < 1.29 is 4.52 Å². The van der Waals surface area contributed by atoms with Crippen molar-refractivity contribution in [1.29, 1.82) is 0 Å². The predicted octanol–water partition coefficient (Wildman–Crippen LogP) is 2.04. The van der Waals surface area contributed by atoms with Crippen LogP contribution in [-0.4, -0.2) is 12.8 Å². The summed E-state index contributed by atoms with van der Waals surface area (Å²) in [6.07, 6.45) is 3.74. The fourth-order valence-electron chi connectivity index (χ4n) is 0.584. The molecule has 0 saturated carbocycles. The Morgan fingerprint density at radius 1 is 1.43 bits per heavy atom. The molecule has 1 unspecified atom stereocenters. The normalized spacial score (nSPS) is 33.0. The highest BCUT2D eigenvalue weighted by atomic mass is 32.7. The third-order valence-corrected chi connectivity index (χ3v) is 3.11. The van der Waals surface area contributed by atoms with Gasteiger partial charge in [-0.15, -0.1) is 12.2 Å². The molecule has 0 radical (unpaired) electrons. The van der Waals surface area contributed by atoms with E-state index in [-0.39, 0.29) is 7.35 Å². The van der Waals surface area contributed by atoms with E-state index < -0.39 is 0 Å². The van der Waals surface area contributed by atoms with Gasteiger partial charge in [-0.05, 0) is 12.8 Å². The first-order valence-electron chi connectivity index (χ1n) is 2.49. The van der Waals surface area contributed by atoms with Crippen molar-refractivity contribution in [3.05, 3.63) is 0 Å². The fourth-order valence-corrected chi connectivity index (χ4v) is 2.22. The lowest BCUT2D eigenvalue weighted by molar-refractivity contribution is 0.331. The van der Waals surface area contributed by atoms with Crippen molar-refractivity contribution in [1.82, 2.24) is 0 Å². The van der Waals surface area contributed by atoms with Crippen LogP contribution in [0.15, 0.2) is 0 Å². The minimum Gasteiger partial charge on any atom is -0.348 e. The quantitative estimate of drug-likeness (QED) is 0.396. The Labute approximate surface area is 50.4 Å². The molecule has 3 heteroatoms. The monoisotopic (exact) mass is 136 g/mol. The smallest absolute Gasteiger partial charge is 0.0855 e. The minimum absolute atomic E-state index is 0.297. The van der Waals surface area contributed by atoms with E-state index in [1.54, 1.807) is 0 Å². The highest BCUT2D eigenvalue weighted by Gasteiger charge is 2.07. The average Bonchev–Trinajstić information content (AvgIpc) is 1.69. The van der Waals surface area contributed by atoms with E-state index in [4.69, 9.17) is 4.52 Å². The van der Waals surface area contributed by atoms with E-state index in [0.717, 1.165) is 6.61 Å². The van der Waals surface area contributed by atoms with Crippen LogP contribution >= 0.6 is 19.6 Å². The van der Waals surface area contributed by atoms with Crippen molar-refractivity contribution in [2.75, 3.05) is 12.8 Å². The molecule has 1 saturated heterocycles. The summed E-state index contributed by atoms with van der Waals surface area (Å²) in [5.41, 5.74) is 0. The molecule has 0 bridgehead atoms. The lowest BCUT2D eigenvalue weighted by Gasteiger charge is -2.15. The first-order chi connectivity index (χ1) is 3.39. The Morgan fingerprint density at radius 3 is 2.57 bits per heavy atom. The molecule has 7 heavy (non-hydrogen) atoms. The molecule has 1 nitrogen and oxygen atoms in total. The van der Waals surface area contributed by atoms with Gasteiger partial charge in [-0.2, -0.15) is 0 Å². The van der Waals surface area contributed by atoms with Crippen LogP contribution in [0.25, 0.3) is 0 Å². The van der Waals surface area contributed by atoms with Gasteiger partial charge in [0.05, 0.1) is 14.0 Å². The zero-order valence-electron chi connectivity index (χ0n) is 4.13. The van der Waals surface area contributed by atoms with E-state index >= 15 is 0 Å². The summed E-state index contributed by atoms with van der Waals surface area (Å²) >= 11 is 4.20. The van der Waals surface area contributed by atoms with Gasteiger partial charge >= 0.3 is 0 Å². The van der Waals surface area contributed by atoms with Crippen molar-refractivity contribution in [2.24, 2.45) is 0 Å². The second kappa shape index (κ2) is 2.91. The van der Waals surface area contributed by atoms with Gasteiger partial charge < -0.3 is 4.52 Å². The van der Waals surface area contributed by atoms with E-state index in [9.17, 15) is 0 Å². The highest BCUT2D eigenvalue weighted by molar-refractivity contribution is 8.43. The number of rotatable bonds is 0. The third-order valence-electron chi connectivity index (χ3n) is 0.984. The number of hydrogen-bond acceptors (Lipinski definition) is 2. The maximum Gasteiger partial charge on any atom is 0.0855 e. The summed E-state index contributed by atoms with van der Waals surface area (Å²) < 4.78 is 5.21. The van der Waals surface area contributed by atoms with Crippen LogP contribution < -0.4 is 0 Å². The van der Waals surface area contributed by atoms with Crippen LogP contribution in [0.2, 0.25) is 0 Å². The van der Waals surface area contributed by atoms with E-state index in [1.807, 2.05) is 0 Å². The fraction of sp³-hybridized carbons (Fsp3) is 1.00. The molecule has 0 aliphatic carbocycles. The van der Waals surface area contributed by atoms with Gasteiger partial charge in [0.15, 0.2) is 0 Å². The Hall–Kier alpha value is 0.740. The van der Waals surface area contributed by atoms with Gasteiger partial charge in [0.1, 0.15) is 0 Å². The molecule has 0 aromatic carbocycles. The average molecular weight is 136 g/mol. The Balaban J connectivity index is 2.12. The second-order valence-electron chi connectivity index (χ2n) is 1.62. The van der Waals surface area contributed by atoms with Crippen LogP contribution in [0.1, 0.15) is 12.8 Å². The zero-order chi connectivity index (χ0) is 5.11. The molecule has 1 heterocycles. The number of thiol groups is 1. The third kappa shape index (κ3) is 1.98. The van der Waals surface area contributed by atoms with Gasteiger partial charge in [0.2, 0.25) is 0 Å². The molecule has 0 aromatic heterocycles. The highest BCUT2D eigenvalue weighted by Crippen LogP contribution is 2.45. The van der Waals surface area contributed by atoms with Crippen LogP contribution in [-0.2, 0) is 4.52 Å². The van der Waals surface area contributed by atoms with E-state index in [2.05, 4.69) is 12.2 Å². The minimum atomic E-state index is -0.297. The predicted molar refractivity (Wildman–Crippen MR) is 36.0 cm³/mol. The lowest BCUT2D eigenvalue weighted by Crippen LogP contribution is -1.97. The summed E-state index contributed by atoms with van der Waals surface area (Å²) in [6, 6.07) is 0. The van der Waals surface area contributed by atoms with Crippen LogP contribution in [0, 0.1) is 0 Å². The van der Waals surface area contributed by atoms with Crippen molar-refractivity contribution in [2.45, 2.75) is 12.8 Å². The van der Waals surface area contributed by atoms with Crippen LogP contribution in [0.3, 0.4) is 0 Å². The van der Waals surface area contributed by atoms with Crippen LogP contribution in [0.5, 0.6) is 0 Å². The summed E-state index contributed by atoms with van der Waals surface area (Å²) in [6.45, 7) is 0.940. The zero-order valence-corrected chi connectivity index (χ0v) is 5.92. The van der Waals surface area contributed by atoms with Crippen LogP contribution in [0.4, 0.5) is 0 Å². The SMILES string of the molecule is SP1CCCCO1. The Bertz CT molecular complexity index is 53.7. The van der Waals surface area contributed by atoms with Gasteiger partial charge in [-0.25, -0.2) is 0 Å². The molecule has 42 valence electrons. The summed E-state index contributed by atoms with van der Waals surface area (Å²) in [5.74, 6) is 0. The second-order valence-corrected chi connectivity index (χ2v) is 4.36. The topological polar surface area (TPSA) is 9.23 Å². The molecule has 0 aromatic rings. The molecular formula is C4H9OPS. The molecule has 0 spiro atoms. The van der Waals surface area contributed by atoms with Crippen molar-refractivity contribution in [3.63, 3.8) is 0 Å². The molecule has 1 rings (SSSR count). The molecule has 1 aliphatic heterocycles. The first kappa shape index (κ1) is 5.87. The summed E-state index contributed by atoms with van der Waals surface area (Å²) in [4.78, 5) is 0. The largest absolute Gasteiger partial charge is 0.348 e. The molecule has 0 amide bonds. The summed E-state index contributed by atoms with van der Waals surface area (Å²) in [7, 11) is -0.297. The molecule has 1 aliphatic rings. The maximum atomic E-state index is 5.21. The molecular weight excluding hydrogens is 127 g/mol. The first-order valence-corrected chi connectivity index (χ1v) is 5.09. The van der Waals surface area contributed by atoms with E-state index in [0.29, 0.717) is 0 Å². The van der Waals surface area contributed by atoms with Crippen molar-refractivity contribution >= 4 is 19.6 Å². The molecule has 1 fully saturated rings. The lowest BCUT2D eigenvalue weighted by atomic mass is 10.4. The van der Waals surface area contributed by atoms with Gasteiger partial charge in [-0.3, -0.25) is 0 Å². The summed E-state index contributed by atoms with van der Waals surface area (Å²) in [5, 5.41) is 0. The van der Waals surface area contributed by atoms with Crippen molar-refractivity contribution in [3.8, 4) is 0 Å². The standard InChI is InChI=1S/C4H9OPS/c7-6-4-2-1-3-5-6/h7H,1-4H2. The van der Waals surface area contributed by atoms with E-state index in [1.165, 1.54) is 19.0 Å². The van der Waals surface area contributed by atoms with Gasteiger partial charge in [0.25, 0.3) is 0 Å². The molecule has 1 atom stereocenters. The van der Waals surface area contributed by atoms with Gasteiger partial charge in [-0.1, -0.05) is 0 Å². The maximum absolute atomic E-state index is 5.21. The Kier molecular flexibility index (Phi) is 2.44.